The van der Waals surface area contributed by atoms with Crippen molar-refractivity contribution in [2.45, 2.75) is 10.8 Å². The number of pyridine rings is 1. The SMILES string of the molecule is COC(=O)c1ccc(-c2cccc(-c3c(-c4cc(OC)cn5ncc(C#N)c45)c4cc(F)ccc4n3[S+]([O-])c3ccc(C(F)P)cc3)c2)c(Cl)c1. The number of fused-ring (bicyclic) bond motifs is 2. The lowest BCUT2D eigenvalue weighted by atomic mass is 9.95. The number of nitriles is 1. The molecule has 0 N–H and O–H groups in total. The van der Waals surface area contributed by atoms with Crippen molar-refractivity contribution in [3.05, 3.63) is 131 Å². The van der Waals surface area contributed by atoms with Crippen LogP contribution < -0.4 is 4.74 Å². The molecular formula is C38H26ClF2N4O4PS. The number of halogens is 3. The van der Waals surface area contributed by atoms with Crippen molar-refractivity contribution in [1.82, 2.24) is 13.6 Å². The summed E-state index contributed by atoms with van der Waals surface area (Å²) < 4.78 is 57.7. The van der Waals surface area contributed by atoms with E-state index in [2.05, 4.69) is 20.4 Å². The van der Waals surface area contributed by atoms with E-state index >= 15 is 4.39 Å². The molecule has 3 aromatic heterocycles. The Balaban J connectivity index is 1.57. The van der Waals surface area contributed by atoms with Gasteiger partial charge in [-0.3, -0.25) is 0 Å². The van der Waals surface area contributed by atoms with E-state index in [1.54, 1.807) is 64.8 Å². The minimum absolute atomic E-state index is 0.261. The molecule has 3 heterocycles. The average molecular weight is 739 g/mol. The van der Waals surface area contributed by atoms with Gasteiger partial charge in [-0.05, 0) is 65.7 Å². The lowest BCUT2D eigenvalue weighted by Crippen LogP contribution is -2.14. The number of methoxy groups -OCH3 is 2. The molecule has 254 valence electrons. The van der Waals surface area contributed by atoms with Crippen molar-refractivity contribution in [2.75, 3.05) is 14.2 Å². The highest BCUT2D eigenvalue weighted by molar-refractivity contribution is 7.90. The molecule has 0 aliphatic carbocycles. The monoisotopic (exact) mass is 738 g/mol. The van der Waals surface area contributed by atoms with Gasteiger partial charge in [-0.15, -0.1) is 0 Å². The van der Waals surface area contributed by atoms with E-state index in [9.17, 15) is 19.0 Å². The number of benzene rings is 4. The third-order valence-electron chi connectivity index (χ3n) is 8.50. The number of aromatic nitrogens is 3. The maximum Gasteiger partial charge on any atom is 0.337 e. The first-order valence-corrected chi connectivity index (χ1v) is 17.5. The Morgan fingerprint density at radius 3 is 2.47 bits per heavy atom. The van der Waals surface area contributed by atoms with Crippen LogP contribution in [0.1, 0.15) is 27.4 Å². The van der Waals surface area contributed by atoms with Gasteiger partial charge in [-0.2, -0.15) is 14.3 Å². The van der Waals surface area contributed by atoms with Gasteiger partial charge in [-0.25, -0.2) is 18.1 Å². The minimum atomic E-state index is -1.95. The van der Waals surface area contributed by atoms with Gasteiger partial charge in [0, 0.05) is 32.7 Å². The van der Waals surface area contributed by atoms with Crippen LogP contribution in [0.3, 0.4) is 0 Å². The van der Waals surface area contributed by atoms with Crippen molar-refractivity contribution >= 4 is 54.6 Å². The quantitative estimate of drug-likeness (QED) is 0.0875. The number of rotatable bonds is 8. The molecule has 7 rings (SSSR count). The third kappa shape index (κ3) is 6.11. The van der Waals surface area contributed by atoms with Crippen LogP contribution in [0.4, 0.5) is 8.78 Å². The predicted octanol–water partition coefficient (Wildman–Crippen LogP) is 9.16. The molecule has 0 fully saturated rings. The summed E-state index contributed by atoms with van der Waals surface area (Å²) in [6, 6.07) is 26.6. The van der Waals surface area contributed by atoms with Crippen LogP contribution in [-0.2, 0) is 16.1 Å². The standard InChI is InChI=1S/C38H26ClF2N4O4PS/c1-48-27-17-31(35-25(18-42)19-43-44(35)20-27)34-30-16-26(40)9-13-33(30)45(51(47)28-10-6-21(7-11-28)37(41)50)36(34)23-5-3-4-22(14-23)29-12-8-24(15-32(29)39)38(46)49-2/h3-17,19-20,37H,50H2,1-2H3. The van der Waals surface area contributed by atoms with Gasteiger partial charge in [0.05, 0.1) is 48.8 Å². The lowest BCUT2D eigenvalue weighted by molar-refractivity contribution is 0.0600. The van der Waals surface area contributed by atoms with Crippen LogP contribution in [-0.4, -0.2) is 38.3 Å². The maximum absolute atomic E-state index is 15.2. The predicted molar refractivity (Wildman–Crippen MR) is 196 cm³/mol. The highest BCUT2D eigenvalue weighted by Gasteiger charge is 2.31. The smallest absolute Gasteiger partial charge is 0.337 e. The summed E-state index contributed by atoms with van der Waals surface area (Å²) in [5, 5.41) is 15.2. The molecule has 0 aliphatic heterocycles. The van der Waals surface area contributed by atoms with Gasteiger partial charge in [0.2, 0.25) is 0 Å². The van der Waals surface area contributed by atoms with E-state index in [1.165, 1.54) is 43.1 Å². The number of alkyl halides is 1. The second-order valence-electron chi connectivity index (χ2n) is 11.4. The Labute approximate surface area is 301 Å². The number of carbonyl (C=O) groups excluding carboxylic acids is 1. The van der Waals surface area contributed by atoms with Crippen LogP contribution in [0.15, 0.2) is 108 Å². The highest BCUT2D eigenvalue weighted by atomic mass is 35.5. The Morgan fingerprint density at radius 1 is 1.02 bits per heavy atom. The largest absolute Gasteiger partial charge is 0.587 e. The van der Waals surface area contributed by atoms with Crippen LogP contribution in [0.5, 0.6) is 5.75 Å². The molecule has 0 amide bonds. The van der Waals surface area contributed by atoms with Crippen molar-refractivity contribution in [3.63, 3.8) is 0 Å². The number of hydrogen-bond acceptors (Lipinski definition) is 6. The van der Waals surface area contributed by atoms with Crippen LogP contribution >= 0.6 is 20.8 Å². The molecule has 0 spiro atoms. The number of ether oxygens (including phenoxy) is 2. The highest BCUT2D eigenvalue weighted by Crippen LogP contribution is 2.46. The molecule has 7 aromatic rings. The summed E-state index contributed by atoms with van der Waals surface area (Å²) >= 11 is 4.75. The first-order chi connectivity index (χ1) is 24.6. The van der Waals surface area contributed by atoms with E-state index in [-0.39, 0.29) is 11.1 Å². The molecule has 8 nitrogen and oxygen atoms in total. The van der Waals surface area contributed by atoms with E-state index in [0.29, 0.717) is 71.2 Å². The number of hydrogen-bond donors (Lipinski definition) is 0. The van der Waals surface area contributed by atoms with Crippen molar-refractivity contribution in [1.29, 1.82) is 5.26 Å². The summed E-state index contributed by atoms with van der Waals surface area (Å²) in [4.78, 5) is 12.5. The zero-order valence-electron chi connectivity index (χ0n) is 26.9. The number of esters is 1. The van der Waals surface area contributed by atoms with Crippen molar-refractivity contribution in [3.8, 4) is 45.3 Å². The van der Waals surface area contributed by atoms with Gasteiger partial charge in [-0.1, -0.05) is 57.2 Å². The molecule has 3 unspecified atom stereocenters. The first kappa shape index (κ1) is 34.2. The molecule has 4 aromatic carbocycles. The second-order valence-corrected chi connectivity index (χ2v) is 13.8. The Hall–Kier alpha value is -5.24. The maximum atomic E-state index is 15.2. The number of carbonyl (C=O) groups is 1. The fraction of sp³-hybridized carbons (Fsp3) is 0.0789. The summed E-state index contributed by atoms with van der Waals surface area (Å²) in [5.41, 5.74) is 5.04. The Bertz CT molecular complexity index is 2530. The minimum Gasteiger partial charge on any atom is -0.587 e. The van der Waals surface area contributed by atoms with E-state index in [1.807, 2.05) is 18.2 Å². The fourth-order valence-corrected chi connectivity index (χ4v) is 7.92. The van der Waals surface area contributed by atoms with Gasteiger partial charge in [0.15, 0.2) is 4.90 Å². The second kappa shape index (κ2) is 13.8. The first-order valence-electron chi connectivity index (χ1n) is 15.3. The van der Waals surface area contributed by atoms with E-state index < -0.39 is 29.1 Å². The topological polar surface area (TPSA) is 105 Å². The van der Waals surface area contributed by atoms with Crippen molar-refractivity contribution < 1.29 is 27.6 Å². The van der Waals surface area contributed by atoms with Crippen LogP contribution in [0.2, 0.25) is 5.02 Å². The van der Waals surface area contributed by atoms with Gasteiger partial charge in [0.1, 0.15) is 40.6 Å². The Kier molecular flexibility index (Phi) is 9.27. The molecule has 13 heteroatoms. The third-order valence-corrected chi connectivity index (χ3v) is 10.6. The van der Waals surface area contributed by atoms with Gasteiger partial charge >= 0.3 is 5.97 Å². The molecule has 0 radical (unpaired) electrons. The normalized spacial score (nSPS) is 12.5. The zero-order chi connectivity index (χ0) is 36.0. The molecule has 0 bridgehead atoms. The van der Waals surface area contributed by atoms with E-state index in [0.717, 1.165) is 0 Å². The molecule has 3 atom stereocenters. The fourth-order valence-electron chi connectivity index (χ4n) is 6.12. The lowest BCUT2D eigenvalue weighted by Gasteiger charge is -2.17. The summed E-state index contributed by atoms with van der Waals surface area (Å²) in [6.07, 6.45) is 3.06. The molecule has 0 aliphatic rings. The number of nitrogens with zero attached hydrogens (tertiary/aromatic N) is 4. The van der Waals surface area contributed by atoms with Gasteiger partial charge in [0.25, 0.3) is 0 Å². The molecule has 0 saturated heterocycles. The van der Waals surface area contributed by atoms with Crippen molar-refractivity contribution in [2.24, 2.45) is 0 Å². The molecule has 0 saturated carbocycles. The average Bonchev–Trinajstić information content (AvgIpc) is 3.72. The van der Waals surface area contributed by atoms with Gasteiger partial charge < -0.3 is 14.0 Å². The summed E-state index contributed by atoms with van der Waals surface area (Å²) in [5.74, 6) is -1.96. The zero-order valence-corrected chi connectivity index (χ0v) is 29.7. The van der Waals surface area contributed by atoms with Crippen LogP contribution in [0, 0.1) is 17.1 Å². The summed E-state index contributed by atoms with van der Waals surface area (Å²) in [6.45, 7) is 0. The molecular weight excluding hydrogens is 713 g/mol. The Morgan fingerprint density at radius 2 is 1.78 bits per heavy atom. The molecule has 51 heavy (non-hydrogen) atoms. The summed E-state index contributed by atoms with van der Waals surface area (Å²) in [7, 11) is 4.88. The van der Waals surface area contributed by atoms with Crippen LogP contribution in [0.25, 0.3) is 49.9 Å². The van der Waals surface area contributed by atoms with E-state index in [4.69, 9.17) is 21.1 Å².